The van der Waals surface area contributed by atoms with E-state index in [0.29, 0.717) is 11.9 Å². The van der Waals surface area contributed by atoms with Gasteiger partial charge in [-0.1, -0.05) is 0 Å². The Morgan fingerprint density at radius 3 is 2.67 bits per heavy atom. The minimum Gasteiger partial charge on any atom is -0.355 e. The maximum Gasteiger partial charge on any atom is 0.222 e. The number of piperidine rings is 1. The van der Waals surface area contributed by atoms with E-state index in [9.17, 15) is 4.79 Å². The van der Waals surface area contributed by atoms with Crippen LogP contribution in [-0.4, -0.2) is 68.4 Å². The summed E-state index contributed by atoms with van der Waals surface area (Å²) in [6, 6.07) is 0.392. The highest BCUT2D eigenvalue weighted by Gasteiger charge is 2.31. The predicted molar refractivity (Wildman–Crippen MR) is 68.2 cm³/mol. The molecule has 2 saturated heterocycles. The highest BCUT2D eigenvalue weighted by Crippen LogP contribution is 2.21. The molecule has 0 aromatic heterocycles. The molecule has 2 aliphatic heterocycles. The molecule has 2 fully saturated rings. The first-order valence-corrected chi connectivity index (χ1v) is 6.82. The third-order valence-electron chi connectivity index (χ3n) is 3.96. The second-order valence-corrected chi connectivity index (χ2v) is 5.15. The molecule has 0 aromatic rings. The summed E-state index contributed by atoms with van der Waals surface area (Å²) in [6.45, 7) is 3.75. The van der Waals surface area contributed by atoms with Crippen LogP contribution in [0.2, 0.25) is 0 Å². The van der Waals surface area contributed by atoms with Crippen LogP contribution in [0, 0.1) is 0 Å². The summed E-state index contributed by atoms with van der Waals surface area (Å²) < 4.78 is 10.5. The van der Waals surface area contributed by atoms with Crippen molar-refractivity contribution < 1.29 is 14.3 Å². The summed E-state index contributed by atoms with van der Waals surface area (Å²) >= 11 is 0. The zero-order valence-electron chi connectivity index (χ0n) is 11.4. The fraction of sp³-hybridized carbons (Fsp3) is 0.923. The van der Waals surface area contributed by atoms with Crippen molar-refractivity contribution in [3.05, 3.63) is 0 Å². The molecule has 5 heteroatoms. The number of ether oxygens (including phenoxy) is 2. The van der Waals surface area contributed by atoms with Gasteiger partial charge in [-0.3, -0.25) is 9.69 Å². The van der Waals surface area contributed by atoms with Crippen LogP contribution in [0.5, 0.6) is 0 Å². The number of methoxy groups -OCH3 is 2. The van der Waals surface area contributed by atoms with Crippen LogP contribution in [0.15, 0.2) is 0 Å². The van der Waals surface area contributed by atoms with E-state index in [1.54, 1.807) is 14.2 Å². The Bertz CT molecular complexity index is 281. The van der Waals surface area contributed by atoms with Gasteiger partial charge in [0.05, 0.1) is 0 Å². The number of hydrogen-bond donors (Lipinski definition) is 0. The van der Waals surface area contributed by atoms with Crippen LogP contribution in [0.1, 0.15) is 25.7 Å². The number of carbonyl (C=O) groups is 1. The number of amides is 1. The first kappa shape index (κ1) is 13.8. The topological polar surface area (TPSA) is 42.0 Å². The van der Waals surface area contributed by atoms with Crippen LogP contribution in [-0.2, 0) is 14.3 Å². The Labute approximate surface area is 109 Å². The molecular formula is C13H24N2O3. The number of likely N-dealkylation sites (tertiary alicyclic amines) is 2. The predicted octanol–water partition coefficient (Wildman–Crippen LogP) is 0.692. The summed E-state index contributed by atoms with van der Waals surface area (Å²) in [5.41, 5.74) is 0. The van der Waals surface area contributed by atoms with Crippen LogP contribution in [0.3, 0.4) is 0 Å². The van der Waals surface area contributed by atoms with E-state index in [0.717, 1.165) is 51.9 Å². The smallest absolute Gasteiger partial charge is 0.222 e. The number of carbonyl (C=O) groups excluding carboxylic acids is 1. The summed E-state index contributed by atoms with van der Waals surface area (Å²) in [5, 5.41) is 0. The van der Waals surface area contributed by atoms with Crippen molar-refractivity contribution in [3.8, 4) is 0 Å². The molecule has 0 bridgehead atoms. The zero-order chi connectivity index (χ0) is 13.0. The molecule has 0 aromatic carbocycles. The minimum absolute atomic E-state index is 0.168. The maximum atomic E-state index is 11.8. The maximum absolute atomic E-state index is 11.8. The molecule has 5 nitrogen and oxygen atoms in total. The fourth-order valence-electron chi connectivity index (χ4n) is 2.96. The molecule has 0 aliphatic carbocycles. The zero-order valence-corrected chi connectivity index (χ0v) is 11.4. The van der Waals surface area contributed by atoms with Crippen molar-refractivity contribution >= 4 is 5.91 Å². The highest BCUT2D eigenvalue weighted by atomic mass is 16.7. The number of hydrogen-bond acceptors (Lipinski definition) is 4. The first-order valence-electron chi connectivity index (χ1n) is 6.82. The molecule has 104 valence electrons. The van der Waals surface area contributed by atoms with Crippen molar-refractivity contribution in [2.24, 2.45) is 0 Å². The lowest BCUT2D eigenvalue weighted by Crippen LogP contribution is -2.50. The van der Waals surface area contributed by atoms with Gasteiger partial charge < -0.3 is 14.4 Å². The molecule has 0 N–H and O–H groups in total. The van der Waals surface area contributed by atoms with Crippen molar-refractivity contribution in [2.45, 2.75) is 38.0 Å². The molecule has 1 amide bonds. The Balaban J connectivity index is 1.86. The lowest BCUT2D eigenvalue weighted by molar-refractivity contribution is -0.133. The molecule has 2 heterocycles. The van der Waals surface area contributed by atoms with Gasteiger partial charge in [0.2, 0.25) is 5.91 Å². The summed E-state index contributed by atoms with van der Waals surface area (Å²) in [5.74, 6) is 0.330. The monoisotopic (exact) mass is 256 g/mol. The Hall–Kier alpha value is -0.650. The largest absolute Gasteiger partial charge is 0.355 e. The molecule has 2 rings (SSSR count). The van der Waals surface area contributed by atoms with Gasteiger partial charge in [0.1, 0.15) is 0 Å². The Morgan fingerprint density at radius 2 is 2.06 bits per heavy atom. The second kappa shape index (κ2) is 6.50. The van der Waals surface area contributed by atoms with E-state index >= 15 is 0 Å². The van der Waals surface area contributed by atoms with E-state index in [-0.39, 0.29) is 6.29 Å². The second-order valence-electron chi connectivity index (χ2n) is 5.15. The van der Waals surface area contributed by atoms with Crippen LogP contribution >= 0.6 is 0 Å². The van der Waals surface area contributed by atoms with E-state index < -0.39 is 0 Å². The van der Waals surface area contributed by atoms with Gasteiger partial charge in [-0.15, -0.1) is 0 Å². The highest BCUT2D eigenvalue weighted by molar-refractivity contribution is 5.78. The van der Waals surface area contributed by atoms with Crippen LogP contribution in [0.25, 0.3) is 0 Å². The molecular weight excluding hydrogens is 232 g/mol. The van der Waals surface area contributed by atoms with E-state index in [1.165, 1.54) is 0 Å². The Kier molecular flexibility index (Phi) is 4.97. The van der Waals surface area contributed by atoms with Crippen LogP contribution in [0.4, 0.5) is 0 Å². The van der Waals surface area contributed by atoms with Crippen molar-refractivity contribution in [3.63, 3.8) is 0 Å². The molecule has 18 heavy (non-hydrogen) atoms. The lowest BCUT2D eigenvalue weighted by atomic mass is 10.0. The normalized spacial score (nSPS) is 26.3. The van der Waals surface area contributed by atoms with Crippen LogP contribution < -0.4 is 0 Å². The summed E-state index contributed by atoms with van der Waals surface area (Å²) in [4.78, 5) is 16.2. The van der Waals surface area contributed by atoms with E-state index in [1.807, 2.05) is 0 Å². The molecule has 2 aliphatic rings. The molecule has 1 atom stereocenters. The summed E-state index contributed by atoms with van der Waals surface area (Å²) in [6.07, 6.45) is 3.86. The van der Waals surface area contributed by atoms with Crippen molar-refractivity contribution in [2.75, 3.05) is 40.4 Å². The van der Waals surface area contributed by atoms with Gasteiger partial charge in [0.25, 0.3) is 0 Å². The standard InChI is InChI=1S/C13H24N2O3/c1-17-13(18-2)10-14-7-3-5-11(9-14)15-8-4-6-12(15)16/h11,13H,3-10H2,1-2H3/t11-/m0/s1. The van der Waals surface area contributed by atoms with Gasteiger partial charge in [0, 0.05) is 46.3 Å². The average molecular weight is 256 g/mol. The minimum atomic E-state index is -0.168. The lowest BCUT2D eigenvalue weighted by Gasteiger charge is -2.38. The average Bonchev–Trinajstić information content (AvgIpc) is 2.82. The SMILES string of the molecule is COC(CN1CCC[C@H](N2CCCC2=O)C1)OC. The quantitative estimate of drug-likeness (QED) is 0.679. The van der Waals surface area contributed by atoms with Gasteiger partial charge >= 0.3 is 0 Å². The van der Waals surface area contributed by atoms with Crippen molar-refractivity contribution in [1.29, 1.82) is 0 Å². The van der Waals surface area contributed by atoms with E-state index in [4.69, 9.17) is 9.47 Å². The molecule has 0 spiro atoms. The van der Waals surface area contributed by atoms with Crippen molar-refractivity contribution in [1.82, 2.24) is 9.80 Å². The molecule has 0 radical (unpaired) electrons. The molecule has 0 saturated carbocycles. The fourth-order valence-corrected chi connectivity index (χ4v) is 2.96. The van der Waals surface area contributed by atoms with Gasteiger partial charge in [-0.2, -0.15) is 0 Å². The first-order chi connectivity index (χ1) is 8.74. The van der Waals surface area contributed by atoms with E-state index in [2.05, 4.69) is 9.80 Å². The summed E-state index contributed by atoms with van der Waals surface area (Å²) in [7, 11) is 3.33. The Morgan fingerprint density at radius 1 is 1.28 bits per heavy atom. The number of nitrogens with zero attached hydrogens (tertiary/aromatic N) is 2. The third kappa shape index (κ3) is 3.22. The van der Waals surface area contributed by atoms with Gasteiger partial charge in [-0.05, 0) is 25.8 Å². The van der Waals surface area contributed by atoms with Gasteiger partial charge in [0.15, 0.2) is 6.29 Å². The van der Waals surface area contributed by atoms with Gasteiger partial charge in [-0.25, -0.2) is 0 Å². The third-order valence-corrected chi connectivity index (χ3v) is 3.96. The number of rotatable bonds is 5. The molecule has 0 unspecified atom stereocenters.